The number of hydrogen-bond acceptors (Lipinski definition) is 6. The minimum absolute atomic E-state index is 0.0212. The zero-order chi connectivity index (χ0) is 19.8. The summed E-state index contributed by atoms with van der Waals surface area (Å²) in [6.07, 6.45) is 4.83. The summed E-state index contributed by atoms with van der Waals surface area (Å²) in [5, 5.41) is 3.46. The first-order valence-electron chi connectivity index (χ1n) is 8.40. The molecule has 1 fully saturated rings. The van der Waals surface area contributed by atoms with E-state index in [4.69, 9.17) is 0 Å². The summed E-state index contributed by atoms with van der Waals surface area (Å²) in [7, 11) is 0. The molecule has 0 bridgehead atoms. The first-order valence-corrected chi connectivity index (χ1v) is 9.47. The lowest BCUT2D eigenvalue weighted by atomic mass is 10.0. The van der Waals surface area contributed by atoms with Crippen molar-refractivity contribution in [1.82, 2.24) is 15.0 Å². The van der Waals surface area contributed by atoms with Crippen molar-refractivity contribution < 1.29 is 22.3 Å². The van der Waals surface area contributed by atoms with Gasteiger partial charge in [-0.3, -0.25) is 9.00 Å². The standard InChI is InChI=1S/C17H15F2N5O3S/c18-10-3-4-11(24-28(26)27)14(19)13(10)15(25)9-6-21-17-12(9)16(22-7-23-17)20-5-8-1-2-8/h3-4,6-8,24H,1-2,5H2,(H,26,27)(H2,20,21,22,23)/p-1. The molecular formula is C17H14F2N5O3S-. The fraction of sp³-hybridized carbons (Fsp3) is 0.235. The Labute approximate surface area is 160 Å². The number of carbonyl (C=O) groups excluding carboxylic acids is 1. The lowest BCUT2D eigenvalue weighted by Crippen LogP contribution is -2.12. The number of rotatable bonds is 7. The van der Waals surface area contributed by atoms with E-state index >= 15 is 0 Å². The number of benzene rings is 1. The minimum Gasteiger partial charge on any atom is -0.755 e. The fourth-order valence-corrected chi connectivity index (χ4v) is 3.24. The van der Waals surface area contributed by atoms with Gasteiger partial charge in [0.15, 0.2) is 5.82 Å². The van der Waals surface area contributed by atoms with Crippen LogP contribution in [0.15, 0.2) is 24.7 Å². The zero-order valence-corrected chi connectivity index (χ0v) is 15.1. The van der Waals surface area contributed by atoms with Crippen LogP contribution in [0.1, 0.15) is 28.8 Å². The molecule has 1 aliphatic rings. The topological polar surface area (TPSA) is 123 Å². The van der Waals surface area contributed by atoms with E-state index in [9.17, 15) is 22.3 Å². The average molecular weight is 406 g/mol. The summed E-state index contributed by atoms with van der Waals surface area (Å²) in [4.78, 5) is 23.9. The molecule has 0 radical (unpaired) electrons. The maximum atomic E-state index is 14.6. The van der Waals surface area contributed by atoms with E-state index in [0.29, 0.717) is 29.3 Å². The van der Waals surface area contributed by atoms with E-state index in [0.717, 1.165) is 25.0 Å². The van der Waals surface area contributed by atoms with Crippen molar-refractivity contribution in [2.24, 2.45) is 5.92 Å². The highest BCUT2D eigenvalue weighted by Gasteiger charge is 2.27. The van der Waals surface area contributed by atoms with Crippen LogP contribution in [0.25, 0.3) is 11.0 Å². The quantitative estimate of drug-likeness (QED) is 0.409. The fourth-order valence-electron chi connectivity index (χ4n) is 2.90. The van der Waals surface area contributed by atoms with Gasteiger partial charge in [0.2, 0.25) is 5.78 Å². The van der Waals surface area contributed by atoms with Crippen molar-refractivity contribution >= 4 is 39.6 Å². The van der Waals surface area contributed by atoms with Crippen LogP contribution in [0.5, 0.6) is 0 Å². The number of H-pyrrole nitrogens is 1. The van der Waals surface area contributed by atoms with E-state index in [1.807, 2.05) is 0 Å². The van der Waals surface area contributed by atoms with Gasteiger partial charge in [0.05, 0.1) is 22.2 Å². The first kappa shape index (κ1) is 18.4. The third-order valence-corrected chi connectivity index (χ3v) is 4.87. The Morgan fingerprint density at radius 2 is 2.11 bits per heavy atom. The molecule has 8 nitrogen and oxygen atoms in total. The van der Waals surface area contributed by atoms with Crippen LogP contribution in [0.3, 0.4) is 0 Å². The SMILES string of the molecule is O=C(c1c(F)ccc(NS(=O)[O-])c1F)c1c[nH]c2ncnc(NCC3CC3)c12. The van der Waals surface area contributed by atoms with Crippen LogP contribution in [-0.2, 0) is 11.3 Å². The molecule has 0 spiro atoms. The number of halogens is 2. The molecule has 0 saturated heterocycles. The molecule has 146 valence electrons. The van der Waals surface area contributed by atoms with E-state index in [1.165, 1.54) is 12.5 Å². The number of nitrogens with one attached hydrogen (secondary N) is 3. The third kappa shape index (κ3) is 3.45. The summed E-state index contributed by atoms with van der Waals surface area (Å²) in [5.74, 6) is -2.44. The Balaban J connectivity index is 1.78. The van der Waals surface area contributed by atoms with Gasteiger partial charge in [0.25, 0.3) is 0 Å². The lowest BCUT2D eigenvalue weighted by molar-refractivity contribution is 0.103. The summed E-state index contributed by atoms with van der Waals surface area (Å²) >= 11 is -2.83. The normalized spacial score (nSPS) is 14.8. The number of hydrogen-bond donors (Lipinski definition) is 3. The van der Waals surface area contributed by atoms with Crippen LogP contribution in [0.2, 0.25) is 0 Å². The molecule has 1 atom stereocenters. The monoisotopic (exact) mass is 406 g/mol. The highest BCUT2D eigenvalue weighted by molar-refractivity contribution is 7.80. The molecule has 0 aliphatic heterocycles. The summed E-state index contributed by atoms with van der Waals surface area (Å²) in [6, 6.07) is 1.72. The van der Waals surface area contributed by atoms with Gasteiger partial charge in [0, 0.05) is 24.0 Å². The van der Waals surface area contributed by atoms with Crippen molar-refractivity contribution in [1.29, 1.82) is 0 Å². The Morgan fingerprint density at radius 3 is 2.82 bits per heavy atom. The van der Waals surface area contributed by atoms with Crippen LogP contribution in [0, 0.1) is 17.6 Å². The highest BCUT2D eigenvalue weighted by Crippen LogP contribution is 2.32. The predicted octanol–water partition coefficient (Wildman–Crippen LogP) is 2.50. The Hall–Kier alpha value is -2.92. The van der Waals surface area contributed by atoms with Gasteiger partial charge in [-0.2, -0.15) is 0 Å². The maximum Gasteiger partial charge on any atom is 0.201 e. The molecule has 3 N–H and O–H groups in total. The molecule has 11 heteroatoms. The smallest absolute Gasteiger partial charge is 0.201 e. The number of aromatic amines is 1. The van der Waals surface area contributed by atoms with Crippen LogP contribution < -0.4 is 10.0 Å². The molecule has 1 aliphatic carbocycles. The van der Waals surface area contributed by atoms with E-state index in [2.05, 4.69) is 20.3 Å². The second-order valence-electron chi connectivity index (χ2n) is 6.42. The second kappa shape index (κ2) is 7.24. The number of fused-ring (bicyclic) bond motifs is 1. The minimum atomic E-state index is -2.83. The molecular weight excluding hydrogens is 392 g/mol. The van der Waals surface area contributed by atoms with Gasteiger partial charge in [0.1, 0.15) is 23.6 Å². The molecule has 1 unspecified atom stereocenters. The number of anilines is 2. The van der Waals surface area contributed by atoms with Gasteiger partial charge < -0.3 is 19.6 Å². The Morgan fingerprint density at radius 1 is 1.32 bits per heavy atom. The summed E-state index contributed by atoms with van der Waals surface area (Å²) in [6.45, 7) is 0.669. The second-order valence-corrected chi connectivity index (χ2v) is 7.10. The Kier molecular flexibility index (Phi) is 4.77. The average Bonchev–Trinajstić information content (AvgIpc) is 3.38. The first-order chi connectivity index (χ1) is 13.5. The molecule has 3 aromatic rings. The molecule has 1 saturated carbocycles. The van der Waals surface area contributed by atoms with Gasteiger partial charge >= 0.3 is 0 Å². The van der Waals surface area contributed by atoms with Crippen LogP contribution >= 0.6 is 0 Å². The summed E-state index contributed by atoms with van der Waals surface area (Å²) < 4.78 is 52.3. The van der Waals surface area contributed by atoms with E-state index < -0.39 is 39.9 Å². The maximum absolute atomic E-state index is 14.6. The van der Waals surface area contributed by atoms with Crippen molar-refractivity contribution in [3.8, 4) is 0 Å². The zero-order valence-electron chi connectivity index (χ0n) is 14.3. The number of nitrogens with zero attached hydrogens (tertiary/aromatic N) is 2. The molecule has 4 rings (SSSR count). The van der Waals surface area contributed by atoms with Crippen molar-refractivity contribution in [3.05, 3.63) is 47.4 Å². The molecule has 28 heavy (non-hydrogen) atoms. The lowest BCUT2D eigenvalue weighted by Gasteiger charge is -2.12. The van der Waals surface area contributed by atoms with Crippen molar-refractivity contribution in [2.75, 3.05) is 16.6 Å². The molecule has 2 heterocycles. The largest absolute Gasteiger partial charge is 0.755 e. The van der Waals surface area contributed by atoms with Crippen molar-refractivity contribution in [3.63, 3.8) is 0 Å². The predicted molar refractivity (Wildman–Crippen MR) is 97.4 cm³/mol. The molecule has 1 aromatic carbocycles. The highest BCUT2D eigenvalue weighted by atomic mass is 32.2. The van der Waals surface area contributed by atoms with Gasteiger partial charge in [-0.25, -0.2) is 18.7 Å². The number of ketones is 1. The summed E-state index contributed by atoms with van der Waals surface area (Å²) in [5.41, 5.74) is -1.07. The number of carbonyl (C=O) groups is 1. The number of aromatic nitrogens is 3. The Bertz CT molecular complexity index is 1100. The third-order valence-electron chi connectivity index (χ3n) is 4.48. The van der Waals surface area contributed by atoms with Gasteiger partial charge in [-0.1, -0.05) is 0 Å². The van der Waals surface area contributed by atoms with Crippen molar-refractivity contribution in [2.45, 2.75) is 12.8 Å². The molecule has 2 aromatic heterocycles. The van der Waals surface area contributed by atoms with Crippen LogP contribution in [0.4, 0.5) is 20.3 Å². The van der Waals surface area contributed by atoms with Gasteiger partial charge in [-0.15, -0.1) is 0 Å². The molecule has 0 amide bonds. The van der Waals surface area contributed by atoms with E-state index in [-0.39, 0.29) is 5.56 Å². The van der Waals surface area contributed by atoms with Gasteiger partial charge in [-0.05, 0) is 30.9 Å². The van der Waals surface area contributed by atoms with E-state index in [1.54, 1.807) is 4.72 Å². The van der Waals surface area contributed by atoms with Crippen LogP contribution in [-0.4, -0.2) is 36.0 Å².